The number of fused-ring (bicyclic) bond motifs is 2. The molecule has 0 aliphatic heterocycles. The van der Waals surface area contributed by atoms with Crippen LogP contribution in [0.1, 0.15) is 71.9 Å². The topological polar surface area (TPSA) is 54.1 Å². The molecule has 33 heavy (non-hydrogen) atoms. The Hall–Kier alpha value is -2.88. The summed E-state index contributed by atoms with van der Waals surface area (Å²) < 4.78 is 0. The Kier molecular flexibility index (Phi) is 5.98. The molecule has 2 fully saturated rings. The molecule has 0 saturated heterocycles. The first-order chi connectivity index (χ1) is 15.5. The quantitative estimate of drug-likeness (QED) is 0.376. The molecule has 0 aromatic heterocycles. The zero-order valence-electron chi connectivity index (χ0n) is 20.7. The number of nitrogens with zero attached hydrogens (tertiary/aromatic N) is 3. The van der Waals surface area contributed by atoms with Gasteiger partial charge in [0.05, 0.1) is 0 Å². The number of aliphatic imine (C=N–C) groups is 3. The fourth-order valence-electron chi connectivity index (χ4n) is 5.27. The second-order valence-electron chi connectivity index (χ2n) is 11.3. The second-order valence-corrected chi connectivity index (χ2v) is 11.3. The molecule has 0 N–H and O–H groups in total. The molecule has 2 aliphatic rings. The van der Waals surface area contributed by atoms with Gasteiger partial charge in [-0.25, -0.2) is 9.98 Å². The maximum Gasteiger partial charge on any atom is 0.253 e. The summed E-state index contributed by atoms with van der Waals surface area (Å²) in [4.78, 5) is 27.6. The third-order valence-corrected chi connectivity index (χ3v) is 7.29. The SMILES string of the molecule is CC(C)(C)C(=O)N=C(N=C(N=C1C2(C)CCC(C2)C1(C)C)c1ccccc1)c1ccccc1. The molecule has 0 radical (unpaired) electrons. The molecule has 0 heterocycles. The van der Waals surface area contributed by atoms with E-state index in [4.69, 9.17) is 9.98 Å². The maximum atomic E-state index is 12.9. The molecule has 2 aliphatic carbocycles. The number of amides is 1. The molecular weight excluding hydrogens is 406 g/mol. The number of rotatable bonds is 2. The van der Waals surface area contributed by atoms with Gasteiger partial charge in [-0.3, -0.25) is 4.79 Å². The molecule has 0 spiro atoms. The Labute approximate surface area is 198 Å². The Balaban J connectivity index is 1.90. The Morgan fingerprint density at radius 1 is 0.848 bits per heavy atom. The number of amidine groups is 2. The van der Waals surface area contributed by atoms with Crippen molar-refractivity contribution in [2.75, 3.05) is 0 Å². The van der Waals surface area contributed by atoms with Gasteiger partial charge in [0.25, 0.3) is 5.91 Å². The number of hydrogen-bond donors (Lipinski definition) is 0. The van der Waals surface area contributed by atoms with Crippen LogP contribution in [0, 0.1) is 22.2 Å². The van der Waals surface area contributed by atoms with E-state index in [1.54, 1.807) is 0 Å². The van der Waals surface area contributed by atoms with Crippen molar-refractivity contribution in [2.24, 2.45) is 37.1 Å². The first kappa shape index (κ1) is 23.3. The summed E-state index contributed by atoms with van der Waals surface area (Å²) in [6, 6.07) is 19.8. The summed E-state index contributed by atoms with van der Waals surface area (Å²) in [7, 11) is 0. The fraction of sp³-hybridized carbons (Fsp3) is 0.448. The fourth-order valence-corrected chi connectivity index (χ4v) is 5.27. The molecule has 2 bridgehead atoms. The monoisotopic (exact) mass is 441 g/mol. The van der Waals surface area contributed by atoms with E-state index in [9.17, 15) is 4.79 Å². The molecule has 2 unspecified atom stereocenters. The summed E-state index contributed by atoms with van der Waals surface area (Å²) in [6.45, 7) is 12.6. The van der Waals surface area contributed by atoms with Crippen LogP contribution in [0.25, 0.3) is 0 Å². The van der Waals surface area contributed by atoms with Gasteiger partial charge in [-0.2, -0.15) is 4.99 Å². The van der Waals surface area contributed by atoms with Crippen LogP contribution in [-0.2, 0) is 4.79 Å². The zero-order chi connectivity index (χ0) is 23.9. The van der Waals surface area contributed by atoms with E-state index in [1.807, 2.05) is 81.4 Å². The van der Waals surface area contributed by atoms with Gasteiger partial charge in [0.15, 0.2) is 11.7 Å². The largest absolute Gasteiger partial charge is 0.272 e. The van der Waals surface area contributed by atoms with Crippen LogP contribution in [0.3, 0.4) is 0 Å². The Morgan fingerprint density at radius 2 is 1.39 bits per heavy atom. The first-order valence-electron chi connectivity index (χ1n) is 11.9. The van der Waals surface area contributed by atoms with Crippen LogP contribution in [0.15, 0.2) is 75.6 Å². The van der Waals surface area contributed by atoms with Crippen LogP contribution in [-0.4, -0.2) is 23.3 Å². The number of hydrogen-bond acceptors (Lipinski definition) is 1. The van der Waals surface area contributed by atoms with Crippen LogP contribution in [0.5, 0.6) is 0 Å². The lowest BCUT2D eigenvalue weighted by Gasteiger charge is -2.35. The van der Waals surface area contributed by atoms with Gasteiger partial charge in [0.1, 0.15) is 0 Å². The number of carbonyl (C=O) groups is 1. The van der Waals surface area contributed by atoms with Crippen molar-refractivity contribution >= 4 is 23.3 Å². The highest BCUT2D eigenvalue weighted by Gasteiger charge is 2.57. The molecule has 2 aromatic rings. The van der Waals surface area contributed by atoms with Gasteiger partial charge in [-0.1, -0.05) is 102 Å². The predicted molar refractivity (Wildman–Crippen MR) is 137 cm³/mol. The van der Waals surface area contributed by atoms with Crippen molar-refractivity contribution < 1.29 is 4.79 Å². The van der Waals surface area contributed by atoms with Crippen molar-refractivity contribution in [3.05, 3.63) is 71.8 Å². The van der Waals surface area contributed by atoms with Crippen molar-refractivity contribution in [3.8, 4) is 0 Å². The van der Waals surface area contributed by atoms with Gasteiger partial charge in [-0.05, 0) is 25.2 Å². The molecule has 4 heteroatoms. The molecule has 4 rings (SSSR count). The average Bonchev–Trinajstić information content (AvgIpc) is 3.26. The molecule has 172 valence electrons. The smallest absolute Gasteiger partial charge is 0.253 e. The van der Waals surface area contributed by atoms with E-state index in [2.05, 4.69) is 25.8 Å². The van der Waals surface area contributed by atoms with Crippen LogP contribution in [0.4, 0.5) is 0 Å². The average molecular weight is 442 g/mol. The number of benzene rings is 2. The minimum Gasteiger partial charge on any atom is -0.272 e. The van der Waals surface area contributed by atoms with Gasteiger partial charge in [-0.15, -0.1) is 0 Å². The minimum atomic E-state index is -0.589. The van der Waals surface area contributed by atoms with Gasteiger partial charge >= 0.3 is 0 Å². The molecule has 4 nitrogen and oxygen atoms in total. The molecule has 2 aromatic carbocycles. The molecule has 2 saturated carbocycles. The van der Waals surface area contributed by atoms with Crippen LogP contribution in [0.2, 0.25) is 0 Å². The second kappa shape index (κ2) is 8.48. The zero-order valence-corrected chi connectivity index (χ0v) is 20.7. The van der Waals surface area contributed by atoms with Gasteiger partial charge in [0.2, 0.25) is 0 Å². The van der Waals surface area contributed by atoms with Crippen molar-refractivity contribution in [1.29, 1.82) is 0 Å². The van der Waals surface area contributed by atoms with Crippen molar-refractivity contribution in [2.45, 2.75) is 60.8 Å². The number of carbonyl (C=O) groups excluding carboxylic acids is 1. The van der Waals surface area contributed by atoms with E-state index in [0.29, 0.717) is 17.6 Å². The van der Waals surface area contributed by atoms with Gasteiger partial charge < -0.3 is 0 Å². The molecular formula is C29H35N3O. The standard InChI is InChI=1S/C29H35N3O/c1-27(2,3)26(33)32-24(21-15-11-8-12-16-21)30-23(20-13-9-7-10-14-20)31-25-28(4,5)22-17-18-29(25,6)19-22/h7-16,22H,17-19H2,1-6H3. The summed E-state index contributed by atoms with van der Waals surface area (Å²) in [5.74, 6) is 1.49. The third-order valence-electron chi connectivity index (χ3n) is 7.29. The maximum absolute atomic E-state index is 12.9. The minimum absolute atomic E-state index is 0.0355. The summed E-state index contributed by atoms with van der Waals surface area (Å²) in [5, 5.41) is 0. The predicted octanol–water partition coefficient (Wildman–Crippen LogP) is 6.74. The van der Waals surface area contributed by atoms with E-state index in [1.165, 1.54) is 25.0 Å². The van der Waals surface area contributed by atoms with E-state index >= 15 is 0 Å². The highest BCUT2D eigenvalue weighted by Crippen LogP contribution is 2.60. The van der Waals surface area contributed by atoms with Crippen LogP contribution >= 0.6 is 0 Å². The Morgan fingerprint density at radius 3 is 1.88 bits per heavy atom. The Bertz CT molecular complexity index is 1110. The molecule has 2 atom stereocenters. The lowest BCUT2D eigenvalue weighted by Crippen LogP contribution is -2.36. The van der Waals surface area contributed by atoms with E-state index in [-0.39, 0.29) is 16.7 Å². The highest BCUT2D eigenvalue weighted by atomic mass is 16.1. The summed E-state index contributed by atoms with van der Waals surface area (Å²) in [5.41, 5.74) is 2.52. The van der Waals surface area contributed by atoms with Crippen molar-refractivity contribution in [1.82, 2.24) is 0 Å². The van der Waals surface area contributed by atoms with Crippen LogP contribution < -0.4 is 0 Å². The van der Waals surface area contributed by atoms with Crippen molar-refractivity contribution in [3.63, 3.8) is 0 Å². The third kappa shape index (κ3) is 4.62. The summed E-state index contributed by atoms with van der Waals surface area (Å²) >= 11 is 0. The molecule has 1 amide bonds. The van der Waals surface area contributed by atoms with Gasteiger partial charge in [0, 0.05) is 33.1 Å². The first-order valence-corrected chi connectivity index (χ1v) is 11.9. The highest BCUT2D eigenvalue weighted by molar-refractivity contribution is 6.18. The lowest BCUT2D eigenvalue weighted by molar-refractivity contribution is -0.124. The van der Waals surface area contributed by atoms with E-state index in [0.717, 1.165) is 11.1 Å². The lowest BCUT2D eigenvalue weighted by atomic mass is 9.71. The normalized spacial score (nSPS) is 26.1. The summed E-state index contributed by atoms with van der Waals surface area (Å²) in [6.07, 6.45) is 3.62. The van der Waals surface area contributed by atoms with E-state index < -0.39 is 5.41 Å².